The van der Waals surface area contributed by atoms with Crippen LogP contribution >= 0.6 is 0 Å². The predicted molar refractivity (Wildman–Crippen MR) is 89.1 cm³/mol. The molecule has 0 unspecified atom stereocenters. The summed E-state index contributed by atoms with van der Waals surface area (Å²) in [4.78, 5) is 25.4. The Morgan fingerprint density at radius 3 is 3.00 bits per heavy atom. The van der Waals surface area contributed by atoms with Crippen molar-refractivity contribution in [3.05, 3.63) is 18.1 Å². The van der Waals surface area contributed by atoms with Crippen LogP contribution in [0.25, 0.3) is 0 Å². The van der Waals surface area contributed by atoms with Gasteiger partial charge in [0.1, 0.15) is 11.6 Å². The average molecular weight is 313 g/mol. The molecular weight excluding hydrogens is 290 g/mol. The molecule has 1 N–H and O–H groups in total. The summed E-state index contributed by atoms with van der Waals surface area (Å²) in [7, 11) is 0. The van der Waals surface area contributed by atoms with Gasteiger partial charge in [0, 0.05) is 38.3 Å². The van der Waals surface area contributed by atoms with E-state index in [2.05, 4.69) is 26.0 Å². The van der Waals surface area contributed by atoms with Gasteiger partial charge in [0.15, 0.2) is 0 Å². The van der Waals surface area contributed by atoms with Crippen LogP contribution in [-0.4, -0.2) is 60.0 Å². The van der Waals surface area contributed by atoms with Crippen molar-refractivity contribution in [2.75, 3.05) is 44.2 Å². The lowest BCUT2D eigenvalue weighted by Gasteiger charge is -2.22. The highest BCUT2D eigenvalue weighted by Gasteiger charge is 2.27. The molecule has 0 aromatic carbocycles. The number of anilines is 1. The highest BCUT2D eigenvalue weighted by atomic mass is 16.2. The number of amides is 1. The first-order valence-corrected chi connectivity index (χ1v) is 8.26. The van der Waals surface area contributed by atoms with E-state index >= 15 is 0 Å². The predicted octanol–water partition coefficient (Wildman–Crippen LogP) is 0.615. The summed E-state index contributed by atoms with van der Waals surface area (Å²) in [5.74, 6) is 4.98. The van der Waals surface area contributed by atoms with Crippen molar-refractivity contribution in [3.8, 4) is 12.3 Å². The average Bonchev–Trinajstić information content (AvgIpc) is 3.40. The molecule has 1 amide bonds. The number of aromatic nitrogens is 2. The van der Waals surface area contributed by atoms with Crippen molar-refractivity contribution in [1.82, 2.24) is 20.2 Å². The molecule has 1 aliphatic carbocycles. The van der Waals surface area contributed by atoms with E-state index in [1.54, 1.807) is 0 Å². The first-order chi connectivity index (χ1) is 11.3. The number of hydrogen-bond acceptors (Lipinski definition) is 5. The van der Waals surface area contributed by atoms with Gasteiger partial charge in [0.05, 0.1) is 13.1 Å². The summed E-state index contributed by atoms with van der Waals surface area (Å²) < 4.78 is 0. The minimum Gasteiger partial charge on any atom is -0.355 e. The van der Waals surface area contributed by atoms with Crippen molar-refractivity contribution < 1.29 is 4.79 Å². The van der Waals surface area contributed by atoms with E-state index in [0.29, 0.717) is 19.0 Å². The van der Waals surface area contributed by atoms with Gasteiger partial charge >= 0.3 is 0 Å². The van der Waals surface area contributed by atoms with Crippen molar-refractivity contribution >= 4 is 11.7 Å². The fraction of sp³-hybridized carbons (Fsp3) is 0.588. The summed E-state index contributed by atoms with van der Waals surface area (Å²) in [5, 5.41) is 2.72. The molecule has 0 atom stereocenters. The Balaban J connectivity index is 1.55. The second-order valence-electron chi connectivity index (χ2n) is 6.14. The molecule has 0 spiro atoms. The fourth-order valence-electron chi connectivity index (χ4n) is 2.84. The summed E-state index contributed by atoms with van der Waals surface area (Å²) >= 11 is 0. The van der Waals surface area contributed by atoms with E-state index < -0.39 is 0 Å². The van der Waals surface area contributed by atoms with Crippen molar-refractivity contribution in [1.29, 1.82) is 0 Å². The third kappa shape index (κ3) is 4.42. The Bertz CT molecular complexity index is 593. The van der Waals surface area contributed by atoms with E-state index in [9.17, 15) is 4.79 Å². The van der Waals surface area contributed by atoms with Gasteiger partial charge in [-0.15, -0.1) is 6.42 Å². The molecule has 23 heavy (non-hydrogen) atoms. The van der Waals surface area contributed by atoms with Crippen LogP contribution in [0.15, 0.2) is 12.3 Å². The largest absolute Gasteiger partial charge is 0.355 e. The monoisotopic (exact) mass is 313 g/mol. The van der Waals surface area contributed by atoms with Gasteiger partial charge in [0.25, 0.3) is 0 Å². The van der Waals surface area contributed by atoms with Crippen LogP contribution in [0.5, 0.6) is 0 Å². The molecule has 1 aromatic rings. The minimum absolute atomic E-state index is 0.00513. The standard InChI is InChI=1S/C17H23N5O/c1-2-7-18-16(23)13-21-9-3-10-22(12-11-21)15-6-8-19-17(20-15)14-4-5-14/h1,6,8,14H,3-5,7,9-13H2,(H,18,23). The zero-order valence-corrected chi connectivity index (χ0v) is 13.4. The number of nitrogens with one attached hydrogen (secondary N) is 1. The molecular formula is C17H23N5O. The maximum atomic E-state index is 11.8. The number of carbonyl (C=O) groups excluding carboxylic acids is 1. The maximum absolute atomic E-state index is 11.8. The summed E-state index contributed by atoms with van der Waals surface area (Å²) in [6.07, 6.45) is 10.5. The number of carbonyl (C=O) groups is 1. The van der Waals surface area contributed by atoms with Gasteiger partial charge in [-0.05, 0) is 25.3 Å². The summed E-state index contributed by atoms with van der Waals surface area (Å²) in [6, 6.07) is 1.99. The van der Waals surface area contributed by atoms with Crippen LogP contribution in [0.3, 0.4) is 0 Å². The molecule has 6 nitrogen and oxygen atoms in total. The molecule has 122 valence electrons. The van der Waals surface area contributed by atoms with E-state index in [1.807, 2.05) is 12.3 Å². The lowest BCUT2D eigenvalue weighted by atomic mass is 10.3. The quantitative estimate of drug-likeness (QED) is 0.807. The Labute approximate surface area is 137 Å². The zero-order chi connectivity index (χ0) is 16.1. The van der Waals surface area contributed by atoms with Gasteiger partial charge < -0.3 is 10.2 Å². The van der Waals surface area contributed by atoms with Crippen LogP contribution in [0.2, 0.25) is 0 Å². The van der Waals surface area contributed by atoms with E-state index in [1.165, 1.54) is 12.8 Å². The molecule has 2 fully saturated rings. The second-order valence-corrected chi connectivity index (χ2v) is 6.14. The van der Waals surface area contributed by atoms with Crippen molar-refractivity contribution in [2.45, 2.75) is 25.2 Å². The third-order valence-electron chi connectivity index (χ3n) is 4.27. The number of hydrogen-bond donors (Lipinski definition) is 1. The fourth-order valence-corrected chi connectivity index (χ4v) is 2.84. The SMILES string of the molecule is C#CCNC(=O)CN1CCCN(c2ccnc(C3CC3)n2)CC1. The van der Waals surface area contributed by atoms with Crippen molar-refractivity contribution in [2.24, 2.45) is 0 Å². The summed E-state index contributed by atoms with van der Waals surface area (Å²) in [5.41, 5.74) is 0. The number of rotatable bonds is 5. The molecule has 6 heteroatoms. The van der Waals surface area contributed by atoms with Gasteiger partial charge in [-0.1, -0.05) is 5.92 Å². The van der Waals surface area contributed by atoms with Crippen LogP contribution in [0, 0.1) is 12.3 Å². The Morgan fingerprint density at radius 1 is 1.35 bits per heavy atom. The van der Waals surface area contributed by atoms with Gasteiger partial charge in [-0.25, -0.2) is 9.97 Å². The van der Waals surface area contributed by atoms with E-state index in [-0.39, 0.29) is 5.91 Å². The van der Waals surface area contributed by atoms with Crippen molar-refractivity contribution in [3.63, 3.8) is 0 Å². The van der Waals surface area contributed by atoms with Gasteiger partial charge in [-0.2, -0.15) is 0 Å². The topological polar surface area (TPSA) is 61.4 Å². The molecule has 3 rings (SSSR count). The zero-order valence-electron chi connectivity index (χ0n) is 13.4. The normalized spacial score (nSPS) is 19.0. The Morgan fingerprint density at radius 2 is 2.22 bits per heavy atom. The molecule has 1 aromatic heterocycles. The van der Waals surface area contributed by atoms with Gasteiger partial charge in [0.2, 0.25) is 5.91 Å². The number of nitrogens with zero attached hydrogens (tertiary/aromatic N) is 4. The Kier molecular flexibility index (Phi) is 5.09. The first-order valence-electron chi connectivity index (χ1n) is 8.26. The van der Waals surface area contributed by atoms with E-state index in [4.69, 9.17) is 11.4 Å². The molecule has 0 radical (unpaired) electrons. The number of terminal acetylenes is 1. The lowest BCUT2D eigenvalue weighted by Crippen LogP contribution is -2.39. The molecule has 1 saturated heterocycles. The van der Waals surface area contributed by atoms with Gasteiger partial charge in [-0.3, -0.25) is 9.69 Å². The minimum atomic E-state index is -0.00513. The Hall–Kier alpha value is -2.13. The molecule has 1 aliphatic heterocycles. The second kappa shape index (κ2) is 7.42. The maximum Gasteiger partial charge on any atom is 0.234 e. The van der Waals surface area contributed by atoms with E-state index in [0.717, 1.165) is 44.2 Å². The third-order valence-corrected chi connectivity index (χ3v) is 4.27. The van der Waals surface area contributed by atoms with Crippen LogP contribution in [0.1, 0.15) is 31.0 Å². The van der Waals surface area contributed by atoms with Crippen LogP contribution in [0.4, 0.5) is 5.82 Å². The smallest absolute Gasteiger partial charge is 0.234 e. The molecule has 2 aliphatic rings. The van der Waals surface area contributed by atoms with Crippen LogP contribution < -0.4 is 10.2 Å². The highest BCUT2D eigenvalue weighted by Crippen LogP contribution is 2.38. The molecule has 0 bridgehead atoms. The highest BCUT2D eigenvalue weighted by molar-refractivity contribution is 5.78. The first kappa shape index (κ1) is 15.8. The lowest BCUT2D eigenvalue weighted by molar-refractivity contribution is -0.121. The summed E-state index contributed by atoms with van der Waals surface area (Å²) in [6.45, 7) is 4.32. The molecule has 1 saturated carbocycles. The van der Waals surface area contributed by atoms with Crippen LogP contribution in [-0.2, 0) is 4.79 Å². The molecule has 2 heterocycles.